The fourth-order valence-corrected chi connectivity index (χ4v) is 3.22. The monoisotopic (exact) mass is 332 g/mol. The molecule has 0 saturated carbocycles. The topological polar surface area (TPSA) is 54.1 Å². The van der Waals surface area contributed by atoms with Crippen LogP contribution in [0.3, 0.4) is 0 Å². The highest BCUT2D eigenvalue weighted by Gasteiger charge is 2.21. The first-order chi connectivity index (χ1) is 11.2. The van der Waals surface area contributed by atoms with Gasteiger partial charge in [0.1, 0.15) is 5.69 Å². The Kier molecular flexibility index (Phi) is 3.80. The maximum absolute atomic E-state index is 6.40. The first-order valence-electron chi connectivity index (χ1n) is 7.56. The number of benzene rings is 1. The van der Waals surface area contributed by atoms with Crippen molar-refractivity contribution in [2.24, 2.45) is 7.05 Å². The molecule has 0 amide bonds. The van der Waals surface area contributed by atoms with Crippen LogP contribution in [0.15, 0.2) is 30.6 Å². The van der Waals surface area contributed by atoms with Crippen LogP contribution in [0.5, 0.6) is 0 Å². The number of imidazole rings is 1. The number of rotatable bonds is 3. The third-order valence-corrected chi connectivity index (χ3v) is 4.35. The largest absolute Gasteiger partial charge is 0.376 e. The molecule has 0 N–H and O–H groups in total. The third-order valence-electron chi connectivity index (χ3n) is 4.04. The number of aryl methyl sites for hydroxylation is 1. The van der Waals surface area contributed by atoms with Gasteiger partial charge < -0.3 is 14.0 Å². The Morgan fingerprint density at radius 2 is 2.26 bits per heavy atom. The van der Waals surface area contributed by atoms with Crippen molar-refractivity contribution in [1.82, 2.24) is 19.3 Å². The molecule has 0 aliphatic carbocycles. The Balaban J connectivity index is 1.76. The van der Waals surface area contributed by atoms with Crippen molar-refractivity contribution in [2.75, 3.05) is 19.8 Å². The fourth-order valence-electron chi connectivity index (χ4n) is 2.96. The predicted molar refractivity (Wildman–Crippen MR) is 87.5 cm³/mol. The maximum atomic E-state index is 6.40. The van der Waals surface area contributed by atoms with Gasteiger partial charge >= 0.3 is 0 Å². The Bertz CT molecular complexity index is 836. The third kappa shape index (κ3) is 2.63. The molecule has 6 nitrogen and oxygen atoms in total. The molecule has 3 heterocycles. The van der Waals surface area contributed by atoms with E-state index in [1.807, 2.05) is 40.7 Å². The zero-order chi connectivity index (χ0) is 15.8. The van der Waals surface area contributed by atoms with Crippen molar-refractivity contribution in [3.05, 3.63) is 35.6 Å². The summed E-state index contributed by atoms with van der Waals surface area (Å²) >= 11 is 6.40. The van der Waals surface area contributed by atoms with Gasteiger partial charge in [0.25, 0.3) is 0 Å². The van der Waals surface area contributed by atoms with Crippen molar-refractivity contribution in [2.45, 2.75) is 12.6 Å². The fraction of sp³-hybridized carbons (Fsp3) is 0.375. The summed E-state index contributed by atoms with van der Waals surface area (Å²) in [7, 11) is 1.91. The predicted octanol–water partition coefficient (Wildman–Crippen LogP) is 2.51. The van der Waals surface area contributed by atoms with Crippen LogP contribution < -0.4 is 0 Å². The lowest BCUT2D eigenvalue weighted by Gasteiger charge is -2.23. The van der Waals surface area contributed by atoms with Crippen LogP contribution in [-0.2, 0) is 23.1 Å². The summed E-state index contributed by atoms with van der Waals surface area (Å²) in [6.07, 6.45) is 3.74. The average molecular weight is 333 g/mol. The Morgan fingerprint density at radius 3 is 3.09 bits per heavy atom. The molecule has 1 saturated heterocycles. The molecule has 1 aliphatic rings. The minimum Gasteiger partial charge on any atom is -0.376 e. The minimum atomic E-state index is 0.0298. The minimum absolute atomic E-state index is 0.0298. The Hall–Kier alpha value is -1.89. The van der Waals surface area contributed by atoms with Gasteiger partial charge in [0.05, 0.1) is 43.0 Å². The molecular weight excluding hydrogens is 316 g/mol. The van der Waals surface area contributed by atoms with Gasteiger partial charge in [0.2, 0.25) is 0 Å². The van der Waals surface area contributed by atoms with E-state index in [9.17, 15) is 0 Å². The molecule has 1 fully saturated rings. The highest BCUT2D eigenvalue weighted by molar-refractivity contribution is 6.36. The standard InChI is InChI=1S/C16H17ClN4O2/c1-20-13-4-2-3-12(17)14(13)15(19-20)16-18-5-6-21(16)9-11-10-22-7-8-23-11/h2-6,11H,7-10H2,1H3/t11-/m0/s1. The van der Waals surface area contributed by atoms with E-state index in [1.165, 1.54) is 0 Å². The van der Waals surface area contributed by atoms with Crippen LogP contribution in [0.25, 0.3) is 22.4 Å². The van der Waals surface area contributed by atoms with E-state index in [2.05, 4.69) is 10.1 Å². The average Bonchev–Trinajstić information content (AvgIpc) is 3.14. The highest BCUT2D eigenvalue weighted by Crippen LogP contribution is 2.32. The molecule has 1 aliphatic heterocycles. The molecule has 0 unspecified atom stereocenters. The van der Waals surface area contributed by atoms with Crippen LogP contribution in [0.4, 0.5) is 0 Å². The van der Waals surface area contributed by atoms with Crippen LogP contribution in [0.1, 0.15) is 0 Å². The molecule has 1 aromatic carbocycles. The molecule has 4 rings (SSSR count). The number of hydrogen-bond donors (Lipinski definition) is 0. The van der Waals surface area contributed by atoms with Crippen molar-refractivity contribution in [3.63, 3.8) is 0 Å². The smallest absolute Gasteiger partial charge is 0.161 e. The lowest BCUT2D eigenvalue weighted by molar-refractivity contribution is -0.0934. The lowest BCUT2D eigenvalue weighted by atomic mass is 10.2. The van der Waals surface area contributed by atoms with E-state index < -0.39 is 0 Å². The first-order valence-corrected chi connectivity index (χ1v) is 7.94. The van der Waals surface area contributed by atoms with Crippen LogP contribution in [0, 0.1) is 0 Å². The van der Waals surface area contributed by atoms with E-state index in [0.29, 0.717) is 31.4 Å². The molecule has 0 spiro atoms. The Labute approximate surface area is 138 Å². The van der Waals surface area contributed by atoms with Crippen LogP contribution >= 0.6 is 11.6 Å². The van der Waals surface area contributed by atoms with Crippen molar-refractivity contribution in [1.29, 1.82) is 0 Å². The summed E-state index contributed by atoms with van der Waals surface area (Å²) in [6.45, 7) is 2.57. The molecule has 7 heteroatoms. The van der Waals surface area contributed by atoms with Gasteiger partial charge in [-0.05, 0) is 12.1 Å². The van der Waals surface area contributed by atoms with Crippen molar-refractivity contribution in [3.8, 4) is 11.5 Å². The van der Waals surface area contributed by atoms with Gasteiger partial charge in [-0.25, -0.2) is 4.98 Å². The summed E-state index contributed by atoms with van der Waals surface area (Å²) in [4.78, 5) is 4.49. The molecule has 2 aromatic heterocycles. The highest BCUT2D eigenvalue weighted by atomic mass is 35.5. The van der Waals surface area contributed by atoms with Crippen LogP contribution in [-0.4, -0.2) is 45.3 Å². The van der Waals surface area contributed by atoms with Gasteiger partial charge in [0, 0.05) is 24.8 Å². The second-order valence-corrected chi connectivity index (χ2v) is 5.98. The molecule has 120 valence electrons. The zero-order valence-corrected chi connectivity index (χ0v) is 13.5. The SMILES string of the molecule is Cn1nc(-c2nccn2C[C@H]2COCCO2)c2c(Cl)cccc21. The van der Waals surface area contributed by atoms with E-state index in [1.54, 1.807) is 6.20 Å². The summed E-state index contributed by atoms with van der Waals surface area (Å²) < 4.78 is 15.1. The van der Waals surface area contributed by atoms with Gasteiger partial charge in [-0.1, -0.05) is 17.7 Å². The number of ether oxygens (including phenoxy) is 2. The van der Waals surface area contributed by atoms with Gasteiger partial charge in [-0.15, -0.1) is 0 Å². The summed E-state index contributed by atoms with van der Waals surface area (Å²) in [5, 5.41) is 6.22. The van der Waals surface area contributed by atoms with Gasteiger partial charge in [-0.2, -0.15) is 5.10 Å². The number of fused-ring (bicyclic) bond motifs is 1. The normalized spacial score (nSPS) is 18.6. The van der Waals surface area contributed by atoms with E-state index in [4.69, 9.17) is 21.1 Å². The van der Waals surface area contributed by atoms with Crippen LogP contribution in [0.2, 0.25) is 5.02 Å². The number of nitrogens with zero attached hydrogens (tertiary/aromatic N) is 4. The number of aromatic nitrogens is 4. The molecule has 23 heavy (non-hydrogen) atoms. The quantitative estimate of drug-likeness (QED) is 0.739. The Morgan fingerprint density at radius 1 is 1.35 bits per heavy atom. The van der Waals surface area contributed by atoms with E-state index in [0.717, 1.165) is 22.4 Å². The second kappa shape index (κ2) is 5.96. The van der Waals surface area contributed by atoms with E-state index in [-0.39, 0.29) is 6.10 Å². The number of hydrogen-bond acceptors (Lipinski definition) is 4. The molecule has 3 aromatic rings. The van der Waals surface area contributed by atoms with E-state index >= 15 is 0 Å². The molecule has 0 radical (unpaired) electrons. The molecule has 1 atom stereocenters. The summed E-state index contributed by atoms with van der Waals surface area (Å²) in [5.41, 5.74) is 1.77. The maximum Gasteiger partial charge on any atom is 0.161 e. The number of halogens is 1. The zero-order valence-electron chi connectivity index (χ0n) is 12.8. The molecular formula is C16H17ClN4O2. The first kappa shape index (κ1) is 14.7. The van der Waals surface area contributed by atoms with Crippen molar-refractivity contribution >= 4 is 22.5 Å². The lowest BCUT2D eigenvalue weighted by Crippen LogP contribution is -2.32. The second-order valence-electron chi connectivity index (χ2n) is 5.58. The van der Waals surface area contributed by atoms with Crippen molar-refractivity contribution < 1.29 is 9.47 Å². The van der Waals surface area contributed by atoms with Gasteiger partial charge in [-0.3, -0.25) is 4.68 Å². The molecule has 0 bridgehead atoms. The van der Waals surface area contributed by atoms with Gasteiger partial charge in [0.15, 0.2) is 5.82 Å². The summed E-state index contributed by atoms with van der Waals surface area (Å²) in [6, 6.07) is 5.80. The summed E-state index contributed by atoms with van der Waals surface area (Å²) in [5.74, 6) is 0.790.